The number of alkyl halides is 1. The fourth-order valence-corrected chi connectivity index (χ4v) is 1.31. The van der Waals surface area contributed by atoms with E-state index in [1.54, 1.807) is 0 Å². The van der Waals surface area contributed by atoms with Crippen molar-refractivity contribution in [2.75, 3.05) is 5.33 Å². The summed E-state index contributed by atoms with van der Waals surface area (Å²) in [6.07, 6.45) is 4.26. The van der Waals surface area contributed by atoms with Crippen molar-refractivity contribution in [2.24, 2.45) is 0 Å². The Morgan fingerprint density at radius 2 is 2.08 bits per heavy atom. The van der Waals surface area contributed by atoms with E-state index in [1.165, 1.54) is 16.7 Å². The lowest BCUT2D eigenvalue weighted by Gasteiger charge is -2.02. The summed E-state index contributed by atoms with van der Waals surface area (Å²) in [5, 5.41) is 0.917. The van der Waals surface area contributed by atoms with E-state index in [0.717, 1.165) is 5.33 Å². The summed E-state index contributed by atoms with van der Waals surface area (Å²) in [7, 11) is 0. The van der Waals surface area contributed by atoms with Gasteiger partial charge < -0.3 is 0 Å². The van der Waals surface area contributed by atoms with Gasteiger partial charge in [-0.05, 0) is 30.5 Å². The normalized spacial score (nSPS) is 10.9. The van der Waals surface area contributed by atoms with Crippen LogP contribution in [0.15, 0.2) is 24.3 Å². The molecule has 0 unspecified atom stereocenters. The molecule has 1 aromatic carbocycles. The first-order valence-electron chi connectivity index (χ1n) is 4.04. The summed E-state index contributed by atoms with van der Waals surface area (Å²) < 4.78 is 0. The smallest absolute Gasteiger partial charge is 0.0215 e. The lowest BCUT2D eigenvalue weighted by molar-refractivity contribution is 1.32. The minimum absolute atomic E-state index is 0.917. The highest BCUT2D eigenvalue weighted by Gasteiger charge is 1.94. The van der Waals surface area contributed by atoms with E-state index in [-0.39, 0.29) is 0 Å². The van der Waals surface area contributed by atoms with E-state index >= 15 is 0 Å². The van der Waals surface area contributed by atoms with E-state index in [2.05, 4.69) is 60.1 Å². The molecule has 0 spiro atoms. The predicted octanol–water partition coefficient (Wildman–Crippen LogP) is 3.71. The summed E-state index contributed by atoms with van der Waals surface area (Å²) in [5.41, 5.74) is 4.04. The van der Waals surface area contributed by atoms with Gasteiger partial charge in [0, 0.05) is 5.33 Å². The molecule has 0 bridgehead atoms. The monoisotopic (exact) mass is 224 g/mol. The molecule has 1 rings (SSSR count). The second-order valence-corrected chi connectivity index (χ2v) is 3.49. The average Bonchev–Trinajstić information content (AvgIpc) is 2.08. The maximum Gasteiger partial charge on any atom is 0.0215 e. The van der Waals surface area contributed by atoms with Crippen LogP contribution in [0.4, 0.5) is 0 Å². The maximum atomic E-state index is 3.36. The zero-order valence-corrected chi connectivity index (χ0v) is 9.06. The van der Waals surface area contributed by atoms with Crippen LogP contribution in [-0.4, -0.2) is 5.33 Å². The van der Waals surface area contributed by atoms with Crippen LogP contribution in [0.5, 0.6) is 0 Å². The van der Waals surface area contributed by atoms with Gasteiger partial charge in [0.2, 0.25) is 0 Å². The van der Waals surface area contributed by atoms with Gasteiger partial charge in [0.25, 0.3) is 0 Å². The number of rotatable bonds is 2. The molecule has 1 heteroatoms. The largest absolute Gasteiger partial charge is 0.0883 e. The third-order valence-corrected chi connectivity index (χ3v) is 2.41. The molecule has 0 atom stereocenters. The summed E-state index contributed by atoms with van der Waals surface area (Å²) in [6.45, 7) is 4.30. The number of hydrogen-bond acceptors (Lipinski definition) is 0. The first kappa shape index (κ1) is 9.53. The Morgan fingerprint density at radius 3 is 2.75 bits per heavy atom. The molecule has 0 heterocycles. The van der Waals surface area contributed by atoms with Crippen LogP contribution in [-0.2, 0) is 0 Å². The minimum atomic E-state index is 0.917. The van der Waals surface area contributed by atoms with Crippen LogP contribution >= 0.6 is 15.9 Å². The van der Waals surface area contributed by atoms with E-state index in [1.807, 2.05) is 0 Å². The van der Waals surface area contributed by atoms with Crippen molar-refractivity contribution in [1.82, 2.24) is 0 Å². The molecule has 0 aliphatic rings. The molecule has 0 saturated carbocycles. The molecule has 12 heavy (non-hydrogen) atoms. The summed E-state index contributed by atoms with van der Waals surface area (Å²) in [6, 6.07) is 6.37. The quantitative estimate of drug-likeness (QED) is 0.673. The first-order chi connectivity index (χ1) is 5.75. The second kappa shape index (κ2) is 4.46. The molecule has 0 aliphatic carbocycles. The minimum Gasteiger partial charge on any atom is -0.0883 e. The summed E-state index contributed by atoms with van der Waals surface area (Å²) in [5.74, 6) is 0. The molecule has 0 saturated heterocycles. The van der Waals surface area contributed by atoms with Gasteiger partial charge in [-0.1, -0.05) is 46.3 Å². The molecular formula is C11H13Br. The third kappa shape index (κ3) is 2.21. The highest BCUT2D eigenvalue weighted by Crippen LogP contribution is 2.13. The molecule has 64 valence electrons. The van der Waals surface area contributed by atoms with E-state index in [4.69, 9.17) is 0 Å². The Kier molecular flexibility index (Phi) is 3.54. The molecule has 0 aliphatic heterocycles. The van der Waals surface area contributed by atoms with Crippen molar-refractivity contribution in [2.45, 2.75) is 13.8 Å². The van der Waals surface area contributed by atoms with E-state index in [0.29, 0.717) is 0 Å². The van der Waals surface area contributed by atoms with Gasteiger partial charge in [0.1, 0.15) is 0 Å². The summed E-state index contributed by atoms with van der Waals surface area (Å²) in [4.78, 5) is 0. The predicted molar refractivity (Wildman–Crippen MR) is 58.7 cm³/mol. The van der Waals surface area contributed by atoms with Crippen LogP contribution in [0.3, 0.4) is 0 Å². The Hall–Kier alpha value is -0.560. The van der Waals surface area contributed by atoms with Gasteiger partial charge >= 0.3 is 0 Å². The first-order valence-corrected chi connectivity index (χ1v) is 5.16. The highest BCUT2D eigenvalue weighted by molar-refractivity contribution is 9.09. The van der Waals surface area contributed by atoms with E-state index in [9.17, 15) is 0 Å². The number of hydrogen-bond donors (Lipinski definition) is 0. The van der Waals surface area contributed by atoms with Gasteiger partial charge in [-0.3, -0.25) is 0 Å². The molecular weight excluding hydrogens is 212 g/mol. The van der Waals surface area contributed by atoms with Crippen molar-refractivity contribution >= 4 is 22.0 Å². The van der Waals surface area contributed by atoms with Crippen LogP contribution < -0.4 is 0 Å². The molecule has 0 N–H and O–H groups in total. The zero-order valence-electron chi connectivity index (χ0n) is 7.47. The Bertz CT molecular complexity index is 287. The van der Waals surface area contributed by atoms with Crippen LogP contribution in [0.2, 0.25) is 0 Å². The maximum absolute atomic E-state index is 3.36. The van der Waals surface area contributed by atoms with Crippen LogP contribution in [0.25, 0.3) is 6.08 Å². The lowest BCUT2D eigenvalue weighted by atomic mass is 10.0. The number of allylic oxidation sites excluding steroid dienone is 1. The number of aryl methyl sites for hydroxylation is 1. The molecule has 0 aromatic heterocycles. The molecule has 0 amide bonds. The molecule has 1 aromatic rings. The Morgan fingerprint density at radius 1 is 1.33 bits per heavy atom. The van der Waals surface area contributed by atoms with Crippen LogP contribution in [0.1, 0.15) is 16.7 Å². The van der Waals surface area contributed by atoms with Crippen LogP contribution in [0, 0.1) is 13.8 Å². The van der Waals surface area contributed by atoms with Crippen molar-refractivity contribution in [1.29, 1.82) is 0 Å². The van der Waals surface area contributed by atoms with Crippen molar-refractivity contribution in [3.05, 3.63) is 41.0 Å². The summed E-state index contributed by atoms with van der Waals surface area (Å²) >= 11 is 3.36. The van der Waals surface area contributed by atoms with Gasteiger partial charge in [0.05, 0.1) is 0 Å². The van der Waals surface area contributed by atoms with Crippen molar-refractivity contribution in [3.63, 3.8) is 0 Å². The van der Waals surface area contributed by atoms with Gasteiger partial charge in [-0.15, -0.1) is 0 Å². The van der Waals surface area contributed by atoms with Gasteiger partial charge in [-0.25, -0.2) is 0 Å². The van der Waals surface area contributed by atoms with Gasteiger partial charge in [-0.2, -0.15) is 0 Å². The number of halogens is 1. The Labute approximate surface area is 82.4 Å². The second-order valence-electron chi connectivity index (χ2n) is 2.85. The van der Waals surface area contributed by atoms with Crippen molar-refractivity contribution in [3.8, 4) is 0 Å². The number of benzene rings is 1. The van der Waals surface area contributed by atoms with E-state index < -0.39 is 0 Å². The van der Waals surface area contributed by atoms with Gasteiger partial charge in [0.15, 0.2) is 0 Å². The lowest BCUT2D eigenvalue weighted by Crippen LogP contribution is -1.84. The fourth-order valence-electron chi connectivity index (χ4n) is 1.13. The molecule has 0 radical (unpaired) electrons. The third-order valence-electron chi connectivity index (χ3n) is 2.03. The zero-order chi connectivity index (χ0) is 8.97. The Balaban J connectivity index is 3.00. The molecule has 0 fully saturated rings. The molecule has 0 nitrogen and oxygen atoms in total. The standard InChI is InChI=1S/C11H13Br/c1-9-5-3-6-11(10(9)2)7-4-8-12/h3-7H,8H2,1-2H3/b7-4+. The average molecular weight is 225 g/mol. The highest BCUT2D eigenvalue weighted by atomic mass is 79.9. The SMILES string of the molecule is Cc1cccc(/C=C/CBr)c1C. The van der Waals surface area contributed by atoms with Crippen molar-refractivity contribution < 1.29 is 0 Å². The fraction of sp³-hybridized carbons (Fsp3) is 0.273. The topological polar surface area (TPSA) is 0 Å².